The molecule has 1 fully saturated rings. The molecule has 2 aliphatic heterocycles. The molecule has 0 aliphatic carbocycles. The number of urea groups is 1. The van der Waals surface area contributed by atoms with Gasteiger partial charge in [0.25, 0.3) is 0 Å². The Morgan fingerprint density at radius 2 is 1.52 bits per heavy atom. The Balaban J connectivity index is 0.000000566. The third-order valence-corrected chi connectivity index (χ3v) is 7.51. The summed E-state index contributed by atoms with van der Waals surface area (Å²) < 4.78 is 37.8. The van der Waals surface area contributed by atoms with Crippen LogP contribution in [0.25, 0.3) is 0 Å². The van der Waals surface area contributed by atoms with E-state index in [0.29, 0.717) is 41.3 Å². The Morgan fingerprint density at radius 3 is 2.05 bits per heavy atom. The van der Waals surface area contributed by atoms with Gasteiger partial charge in [-0.3, -0.25) is 9.89 Å². The number of piperazine rings is 1. The molecule has 0 aromatic heterocycles. The summed E-state index contributed by atoms with van der Waals surface area (Å²) >= 11 is 12.5. The van der Waals surface area contributed by atoms with Crippen LogP contribution in [-0.2, 0) is 4.79 Å². The van der Waals surface area contributed by atoms with E-state index in [2.05, 4.69) is 5.32 Å². The molecule has 2 amide bonds. The van der Waals surface area contributed by atoms with Crippen molar-refractivity contribution >= 4 is 41.0 Å². The number of amides is 2. The second-order valence-electron chi connectivity index (χ2n) is 10.1. The molecule has 2 unspecified atom stereocenters. The van der Waals surface area contributed by atoms with Crippen LogP contribution in [0.3, 0.4) is 0 Å². The van der Waals surface area contributed by atoms with Crippen LogP contribution in [0.15, 0.2) is 71.7 Å². The van der Waals surface area contributed by atoms with Crippen molar-refractivity contribution in [3.8, 4) is 5.75 Å². The first kappa shape index (κ1) is 33.1. The highest BCUT2D eigenvalue weighted by Crippen LogP contribution is 2.45. The molecule has 1 saturated heterocycles. The van der Waals surface area contributed by atoms with Gasteiger partial charge in [-0.05, 0) is 61.4 Å². The molecule has 2 N–H and O–H groups in total. The average molecular weight is 652 g/mol. The van der Waals surface area contributed by atoms with Crippen LogP contribution in [0, 0.1) is 6.92 Å². The predicted molar refractivity (Wildman–Crippen MR) is 163 cm³/mol. The van der Waals surface area contributed by atoms with Gasteiger partial charge in [0.2, 0.25) is 0 Å². The van der Waals surface area contributed by atoms with Crippen molar-refractivity contribution in [3.05, 3.63) is 99.0 Å². The maximum Gasteiger partial charge on any atom is 0.490 e. The molecule has 44 heavy (non-hydrogen) atoms. The summed E-state index contributed by atoms with van der Waals surface area (Å²) in [6.45, 7) is 7.28. The number of benzene rings is 3. The molecule has 8 nitrogen and oxygen atoms in total. The van der Waals surface area contributed by atoms with Crippen LogP contribution in [0.1, 0.15) is 41.3 Å². The van der Waals surface area contributed by atoms with Gasteiger partial charge >= 0.3 is 18.2 Å². The number of carboxylic acid groups (broad SMARTS) is 1. The number of amidine groups is 1. The topological polar surface area (TPSA) is 94.5 Å². The molecule has 2 atom stereocenters. The first-order chi connectivity index (χ1) is 20.9. The number of rotatable bonds is 5. The second-order valence-corrected chi connectivity index (χ2v) is 10.9. The number of carbonyl (C=O) groups is 2. The van der Waals surface area contributed by atoms with Crippen LogP contribution in [0.4, 0.5) is 18.0 Å². The minimum absolute atomic E-state index is 0.0689. The highest BCUT2D eigenvalue weighted by Gasteiger charge is 2.44. The Hall–Kier alpha value is -3.80. The highest BCUT2D eigenvalue weighted by atomic mass is 35.5. The number of aryl methyl sites for hydroxylation is 1. The fraction of sp³-hybridized carbons (Fsp3) is 0.323. The van der Waals surface area contributed by atoms with Gasteiger partial charge in [-0.15, -0.1) is 0 Å². The van der Waals surface area contributed by atoms with Gasteiger partial charge in [0.15, 0.2) is 0 Å². The van der Waals surface area contributed by atoms with Gasteiger partial charge in [-0.25, -0.2) is 9.59 Å². The van der Waals surface area contributed by atoms with E-state index < -0.39 is 12.1 Å². The molecule has 234 valence electrons. The van der Waals surface area contributed by atoms with Gasteiger partial charge in [-0.1, -0.05) is 59.1 Å². The van der Waals surface area contributed by atoms with Gasteiger partial charge in [0.1, 0.15) is 17.6 Å². The van der Waals surface area contributed by atoms with Gasteiger partial charge in [0.05, 0.1) is 18.2 Å². The van der Waals surface area contributed by atoms with Crippen LogP contribution in [0.5, 0.6) is 5.75 Å². The van der Waals surface area contributed by atoms with Gasteiger partial charge in [0, 0.05) is 36.2 Å². The summed E-state index contributed by atoms with van der Waals surface area (Å²) in [5.74, 6) is -1.44. The molecule has 0 radical (unpaired) electrons. The van der Waals surface area contributed by atoms with Crippen LogP contribution in [-0.4, -0.2) is 71.7 Å². The summed E-state index contributed by atoms with van der Waals surface area (Å²) in [4.78, 5) is 32.2. The molecule has 0 saturated carbocycles. The van der Waals surface area contributed by atoms with Crippen molar-refractivity contribution in [3.63, 3.8) is 0 Å². The highest BCUT2D eigenvalue weighted by molar-refractivity contribution is 6.30. The third kappa shape index (κ3) is 7.82. The van der Waals surface area contributed by atoms with E-state index in [4.69, 9.17) is 42.8 Å². The van der Waals surface area contributed by atoms with Crippen molar-refractivity contribution in [2.45, 2.75) is 32.1 Å². The Labute approximate surface area is 263 Å². The normalized spacial score (nSPS) is 18.3. The third-order valence-electron chi connectivity index (χ3n) is 7.00. The summed E-state index contributed by atoms with van der Waals surface area (Å²) in [6, 6.07) is 20.6. The lowest BCUT2D eigenvalue weighted by atomic mass is 9.93. The monoisotopic (exact) mass is 650 g/mol. The number of carbonyl (C=O) groups excluding carboxylic acids is 1. The number of nitrogens with zero attached hydrogens (tertiary/aromatic N) is 3. The standard InChI is InChI=1S/C29H30Cl2N4O2.C2HF3O2/c1-3-37-25-13-4-19(2)18-24(25)28-33-26(20-5-9-22(30)10-6-20)27(21-7-11-23(31)12-8-21)35(28)29(36)34-16-14-32-15-17-34;3-2(4,5)1(6)7/h4-13,18,26-27,32H,3,14-17H2,1-2H3;(H,6,7). The first-order valence-electron chi connectivity index (χ1n) is 13.8. The quantitative estimate of drug-likeness (QED) is 0.313. The largest absolute Gasteiger partial charge is 0.493 e. The smallest absolute Gasteiger partial charge is 0.490 e. The number of aliphatic carboxylic acids is 1. The zero-order chi connectivity index (χ0) is 32.0. The van der Waals surface area contributed by atoms with E-state index >= 15 is 0 Å². The molecule has 3 aromatic rings. The average Bonchev–Trinajstić information content (AvgIpc) is 3.39. The molecular weight excluding hydrogens is 620 g/mol. The minimum atomic E-state index is -5.08. The fourth-order valence-corrected chi connectivity index (χ4v) is 5.21. The number of halogens is 5. The maximum absolute atomic E-state index is 14.3. The van der Waals surface area contributed by atoms with E-state index in [-0.39, 0.29) is 18.1 Å². The lowest BCUT2D eigenvalue weighted by Gasteiger charge is -2.36. The van der Waals surface area contributed by atoms with Gasteiger partial charge in [-0.2, -0.15) is 13.2 Å². The second kappa shape index (κ2) is 14.3. The first-order valence-corrected chi connectivity index (χ1v) is 14.6. The fourth-order valence-electron chi connectivity index (χ4n) is 4.96. The number of aliphatic imine (C=N–C) groups is 1. The van der Waals surface area contributed by atoms with Crippen molar-refractivity contribution < 1.29 is 32.6 Å². The lowest BCUT2D eigenvalue weighted by Crippen LogP contribution is -2.53. The summed E-state index contributed by atoms with van der Waals surface area (Å²) in [7, 11) is 0. The lowest BCUT2D eigenvalue weighted by molar-refractivity contribution is -0.192. The summed E-state index contributed by atoms with van der Waals surface area (Å²) in [5, 5.41) is 11.8. The molecule has 2 heterocycles. The van der Waals surface area contributed by atoms with Crippen molar-refractivity contribution in [1.29, 1.82) is 0 Å². The summed E-state index contributed by atoms with van der Waals surface area (Å²) in [6.07, 6.45) is -5.08. The number of nitrogens with one attached hydrogen (secondary N) is 1. The van der Waals surface area contributed by atoms with Crippen LogP contribution >= 0.6 is 23.2 Å². The number of ether oxygens (including phenoxy) is 1. The summed E-state index contributed by atoms with van der Waals surface area (Å²) in [5.41, 5.74) is 3.80. The molecular formula is C31H31Cl2F3N4O4. The van der Waals surface area contributed by atoms with E-state index in [1.54, 1.807) is 0 Å². The minimum Gasteiger partial charge on any atom is -0.493 e. The molecule has 0 bridgehead atoms. The Bertz CT molecular complexity index is 1500. The number of carboxylic acids is 1. The van der Waals surface area contributed by atoms with Gasteiger partial charge < -0.3 is 20.1 Å². The maximum atomic E-state index is 14.3. The predicted octanol–water partition coefficient (Wildman–Crippen LogP) is 6.90. The molecule has 13 heteroatoms. The van der Waals surface area contributed by atoms with E-state index in [9.17, 15) is 18.0 Å². The van der Waals surface area contributed by atoms with E-state index in [0.717, 1.165) is 35.3 Å². The van der Waals surface area contributed by atoms with Crippen molar-refractivity contribution in [2.24, 2.45) is 4.99 Å². The molecule has 3 aromatic carbocycles. The number of hydrogen-bond acceptors (Lipinski definition) is 5. The molecule has 5 rings (SSSR count). The Morgan fingerprint density at radius 1 is 0.977 bits per heavy atom. The SMILES string of the molecule is CCOc1ccc(C)cc1C1=NC(c2ccc(Cl)cc2)C(c2ccc(Cl)cc2)N1C(=O)N1CCNCC1.O=C(O)C(F)(F)F. The van der Waals surface area contributed by atoms with Crippen LogP contribution in [0.2, 0.25) is 10.0 Å². The number of alkyl halides is 3. The number of hydrogen-bond donors (Lipinski definition) is 2. The zero-order valence-electron chi connectivity index (χ0n) is 23.9. The van der Waals surface area contributed by atoms with E-state index in [1.807, 2.05) is 90.4 Å². The molecule has 2 aliphatic rings. The van der Waals surface area contributed by atoms with Crippen molar-refractivity contribution in [2.75, 3.05) is 32.8 Å². The Kier molecular flexibility index (Phi) is 10.8. The van der Waals surface area contributed by atoms with Crippen LogP contribution < -0.4 is 10.1 Å². The van der Waals surface area contributed by atoms with E-state index in [1.165, 1.54) is 0 Å². The van der Waals surface area contributed by atoms with Crippen molar-refractivity contribution in [1.82, 2.24) is 15.1 Å². The molecule has 0 spiro atoms. The zero-order valence-corrected chi connectivity index (χ0v) is 25.5.